The van der Waals surface area contributed by atoms with E-state index in [0.29, 0.717) is 0 Å². The average molecular weight is 223 g/mol. The van der Waals surface area contributed by atoms with Crippen molar-refractivity contribution in [3.63, 3.8) is 0 Å². The van der Waals surface area contributed by atoms with Gasteiger partial charge < -0.3 is 0 Å². The number of nitrogens with zero attached hydrogens (tertiary/aromatic N) is 1. The SMILES string of the molecule is CC(CS(C)(=O)=O)N1CCSCC1. The van der Waals surface area contributed by atoms with E-state index in [4.69, 9.17) is 0 Å². The molecule has 0 saturated carbocycles. The molecule has 0 aliphatic carbocycles. The van der Waals surface area contributed by atoms with Gasteiger partial charge in [0.2, 0.25) is 0 Å². The highest BCUT2D eigenvalue weighted by Crippen LogP contribution is 2.12. The van der Waals surface area contributed by atoms with Crippen LogP contribution in [-0.2, 0) is 9.84 Å². The van der Waals surface area contributed by atoms with Gasteiger partial charge in [0.25, 0.3) is 0 Å². The van der Waals surface area contributed by atoms with Crippen LogP contribution < -0.4 is 0 Å². The van der Waals surface area contributed by atoms with E-state index in [1.165, 1.54) is 6.26 Å². The molecule has 1 fully saturated rings. The zero-order valence-corrected chi connectivity index (χ0v) is 9.83. The molecule has 1 aliphatic heterocycles. The Kier molecular flexibility index (Phi) is 4.06. The lowest BCUT2D eigenvalue weighted by atomic mass is 10.3. The average Bonchev–Trinajstić information content (AvgIpc) is 2.03. The van der Waals surface area contributed by atoms with Gasteiger partial charge in [-0.2, -0.15) is 11.8 Å². The van der Waals surface area contributed by atoms with Crippen LogP contribution in [0, 0.1) is 0 Å². The molecule has 0 aromatic rings. The molecular formula is C8H17NO2S2. The van der Waals surface area contributed by atoms with Gasteiger partial charge in [0.15, 0.2) is 0 Å². The molecular weight excluding hydrogens is 206 g/mol. The minimum atomic E-state index is -2.82. The Morgan fingerprint density at radius 2 is 1.92 bits per heavy atom. The van der Waals surface area contributed by atoms with E-state index in [1.54, 1.807) is 0 Å². The molecule has 0 aromatic heterocycles. The zero-order chi connectivity index (χ0) is 9.90. The number of sulfone groups is 1. The summed E-state index contributed by atoms with van der Waals surface area (Å²) in [5, 5.41) is 0. The standard InChI is InChI=1S/C8H17NO2S2/c1-8(7-13(2,10)11)9-3-5-12-6-4-9/h8H,3-7H2,1-2H3. The van der Waals surface area contributed by atoms with E-state index in [-0.39, 0.29) is 11.8 Å². The minimum Gasteiger partial charge on any atom is -0.298 e. The monoisotopic (exact) mass is 223 g/mol. The topological polar surface area (TPSA) is 37.4 Å². The third-order valence-corrected chi connectivity index (χ3v) is 4.24. The van der Waals surface area contributed by atoms with E-state index < -0.39 is 9.84 Å². The lowest BCUT2D eigenvalue weighted by Gasteiger charge is -2.31. The summed E-state index contributed by atoms with van der Waals surface area (Å²) in [6.45, 7) is 4.06. The highest BCUT2D eigenvalue weighted by atomic mass is 32.2. The Labute approximate surface area is 84.8 Å². The van der Waals surface area contributed by atoms with Crippen molar-refractivity contribution >= 4 is 21.6 Å². The van der Waals surface area contributed by atoms with Crippen molar-refractivity contribution in [3.8, 4) is 0 Å². The molecule has 0 N–H and O–H groups in total. The van der Waals surface area contributed by atoms with Gasteiger partial charge in [-0.1, -0.05) is 0 Å². The molecule has 3 nitrogen and oxygen atoms in total. The van der Waals surface area contributed by atoms with Crippen molar-refractivity contribution in [1.82, 2.24) is 4.90 Å². The summed E-state index contributed by atoms with van der Waals surface area (Å²) in [5.41, 5.74) is 0. The van der Waals surface area contributed by atoms with Crippen LogP contribution >= 0.6 is 11.8 Å². The van der Waals surface area contributed by atoms with E-state index >= 15 is 0 Å². The lowest BCUT2D eigenvalue weighted by Crippen LogP contribution is -2.42. The first-order valence-electron chi connectivity index (χ1n) is 4.48. The van der Waals surface area contributed by atoms with Crippen LogP contribution in [0.1, 0.15) is 6.92 Å². The molecule has 0 spiro atoms. The van der Waals surface area contributed by atoms with Crippen molar-refractivity contribution < 1.29 is 8.42 Å². The molecule has 0 aromatic carbocycles. The Morgan fingerprint density at radius 1 is 1.38 bits per heavy atom. The van der Waals surface area contributed by atoms with Crippen LogP contribution in [0.5, 0.6) is 0 Å². The van der Waals surface area contributed by atoms with Crippen LogP contribution in [0.25, 0.3) is 0 Å². The summed E-state index contributed by atoms with van der Waals surface area (Å²) in [7, 11) is -2.82. The van der Waals surface area contributed by atoms with E-state index in [9.17, 15) is 8.42 Å². The van der Waals surface area contributed by atoms with Crippen LogP contribution in [0.2, 0.25) is 0 Å². The van der Waals surface area contributed by atoms with Crippen LogP contribution in [0.4, 0.5) is 0 Å². The van der Waals surface area contributed by atoms with Crippen LogP contribution in [0.3, 0.4) is 0 Å². The third-order valence-electron chi connectivity index (χ3n) is 2.21. The lowest BCUT2D eigenvalue weighted by molar-refractivity contribution is 0.247. The third kappa shape index (κ3) is 4.33. The smallest absolute Gasteiger partial charge is 0.148 e. The number of hydrogen-bond donors (Lipinski definition) is 0. The fourth-order valence-electron chi connectivity index (χ4n) is 1.56. The Balaban J connectivity index is 2.42. The molecule has 5 heteroatoms. The summed E-state index contributed by atoms with van der Waals surface area (Å²) < 4.78 is 22.1. The van der Waals surface area contributed by atoms with Gasteiger partial charge in [0.1, 0.15) is 9.84 Å². The van der Waals surface area contributed by atoms with Crippen molar-refractivity contribution in [2.75, 3.05) is 36.6 Å². The van der Waals surface area contributed by atoms with Gasteiger partial charge in [0, 0.05) is 36.9 Å². The second-order valence-corrected chi connectivity index (χ2v) is 7.00. The normalized spacial score (nSPS) is 22.9. The van der Waals surface area contributed by atoms with Gasteiger partial charge >= 0.3 is 0 Å². The molecule has 13 heavy (non-hydrogen) atoms. The van der Waals surface area contributed by atoms with Crippen LogP contribution in [-0.4, -0.2) is 56.0 Å². The second kappa shape index (κ2) is 4.66. The Morgan fingerprint density at radius 3 is 2.38 bits per heavy atom. The van der Waals surface area contributed by atoms with Gasteiger partial charge in [0.05, 0.1) is 5.75 Å². The predicted molar refractivity (Wildman–Crippen MR) is 58.1 cm³/mol. The molecule has 1 heterocycles. The van der Waals surface area contributed by atoms with Crippen molar-refractivity contribution in [2.45, 2.75) is 13.0 Å². The minimum absolute atomic E-state index is 0.177. The molecule has 1 saturated heterocycles. The van der Waals surface area contributed by atoms with E-state index in [2.05, 4.69) is 4.90 Å². The maximum Gasteiger partial charge on any atom is 0.148 e. The molecule has 0 bridgehead atoms. The first-order valence-corrected chi connectivity index (χ1v) is 7.70. The summed E-state index contributed by atoms with van der Waals surface area (Å²) in [6, 6.07) is 0.177. The first kappa shape index (κ1) is 11.3. The van der Waals surface area contributed by atoms with E-state index in [1.807, 2.05) is 18.7 Å². The maximum atomic E-state index is 11.1. The van der Waals surface area contributed by atoms with Gasteiger partial charge in [-0.25, -0.2) is 8.42 Å². The quantitative estimate of drug-likeness (QED) is 0.697. The number of thioether (sulfide) groups is 1. The summed E-state index contributed by atoms with van der Waals surface area (Å²) in [4.78, 5) is 2.26. The van der Waals surface area contributed by atoms with Crippen molar-refractivity contribution in [2.24, 2.45) is 0 Å². The molecule has 1 rings (SSSR count). The highest BCUT2D eigenvalue weighted by molar-refractivity contribution is 7.99. The highest BCUT2D eigenvalue weighted by Gasteiger charge is 2.19. The fourth-order valence-corrected chi connectivity index (χ4v) is 3.58. The fraction of sp³-hybridized carbons (Fsp3) is 1.00. The summed E-state index contributed by atoms with van der Waals surface area (Å²) in [5.74, 6) is 2.56. The van der Waals surface area contributed by atoms with Gasteiger partial charge in [-0.15, -0.1) is 0 Å². The Hall–Kier alpha value is 0.260. The van der Waals surface area contributed by atoms with E-state index in [0.717, 1.165) is 24.6 Å². The van der Waals surface area contributed by atoms with Crippen molar-refractivity contribution in [3.05, 3.63) is 0 Å². The maximum absolute atomic E-state index is 11.1. The molecule has 0 radical (unpaired) electrons. The molecule has 1 atom stereocenters. The largest absolute Gasteiger partial charge is 0.298 e. The number of hydrogen-bond acceptors (Lipinski definition) is 4. The van der Waals surface area contributed by atoms with Crippen LogP contribution in [0.15, 0.2) is 0 Å². The summed E-state index contributed by atoms with van der Waals surface area (Å²) >= 11 is 1.94. The summed E-state index contributed by atoms with van der Waals surface area (Å²) in [6.07, 6.45) is 1.31. The molecule has 78 valence electrons. The Bertz CT molecular complexity index is 245. The molecule has 0 amide bonds. The van der Waals surface area contributed by atoms with Gasteiger partial charge in [-0.3, -0.25) is 4.90 Å². The zero-order valence-electron chi connectivity index (χ0n) is 8.19. The first-order chi connectivity index (χ1) is 5.99. The van der Waals surface area contributed by atoms with Crippen molar-refractivity contribution in [1.29, 1.82) is 0 Å². The predicted octanol–water partition coefficient (Wildman–Crippen LogP) is 0.468. The molecule has 1 unspecified atom stereocenters. The van der Waals surface area contributed by atoms with Gasteiger partial charge in [-0.05, 0) is 6.92 Å². The number of rotatable bonds is 3. The molecule has 1 aliphatic rings. The second-order valence-electron chi connectivity index (χ2n) is 3.59.